The van der Waals surface area contributed by atoms with Gasteiger partial charge >= 0.3 is 0 Å². The number of carbonyl (C=O) groups is 1. The van der Waals surface area contributed by atoms with Crippen molar-refractivity contribution < 1.29 is 9.53 Å². The molecule has 0 aromatic carbocycles. The number of carbonyl (C=O) groups excluding carboxylic acids is 1. The first-order chi connectivity index (χ1) is 11.3. The van der Waals surface area contributed by atoms with E-state index < -0.39 is 0 Å². The minimum absolute atomic E-state index is 0.00672. The van der Waals surface area contributed by atoms with E-state index in [2.05, 4.69) is 20.1 Å². The van der Waals surface area contributed by atoms with Gasteiger partial charge in [-0.3, -0.25) is 9.69 Å². The minimum atomic E-state index is 0.00672. The van der Waals surface area contributed by atoms with Crippen LogP contribution in [0.5, 0.6) is 0 Å². The molecule has 0 unspecified atom stereocenters. The number of hydrogen-bond acceptors (Lipinski definition) is 5. The zero-order valence-corrected chi connectivity index (χ0v) is 13.8. The summed E-state index contributed by atoms with van der Waals surface area (Å²) in [7, 11) is 2.03. The molecule has 3 heterocycles. The Bertz CT molecular complexity index is 531. The molecule has 0 aliphatic carbocycles. The van der Waals surface area contributed by atoms with Crippen molar-refractivity contribution in [2.24, 2.45) is 0 Å². The molecule has 2 aliphatic heterocycles. The first-order valence-corrected chi connectivity index (χ1v) is 8.50. The molecule has 23 heavy (non-hydrogen) atoms. The van der Waals surface area contributed by atoms with Gasteiger partial charge in [0.15, 0.2) is 0 Å². The third-order valence-corrected chi connectivity index (χ3v) is 4.70. The van der Waals surface area contributed by atoms with Gasteiger partial charge in [0.1, 0.15) is 5.82 Å². The minimum Gasteiger partial charge on any atom is -0.378 e. The predicted molar refractivity (Wildman–Crippen MR) is 89.4 cm³/mol. The van der Waals surface area contributed by atoms with Crippen LogP contribution >= 0.6 is 0 Å². The number of likely N-dealkylation sites (tertiary alicyclic amines) is 1. The van der Waals surface area contributed by atoms with Gasteiger partial charge in [-0.2, -0.15) is 0 Å². The van der Waals surface area contributed by atoms with Crippen LogP contribution in [0.4, 0.5) is 5.82 Å². The van der Waals surface area contributed by atoms with Crippen molar-refractivity contribution in [1.82, 2.24) is 15.2 Å². The second kappa shape index (κ2) is 7.75. The molecule has 1 amide bonds. The first-order valence-electron chi connectivity index (χ1n) is 8.50. The number of likely N-dealkylation sites (N-methyl/N-ethyl adjacent to an activating group) is 1. The predicted octanol–water partition coefficient (Wildman–Crippen LogP) is 1.02. The van der Waals surface area contributed by atoms with Crippen molar-refractivity contribution in [2.45, 2.75) is 31.8 Å². The molecule has 1 atom stereocenters. The molecule has 0 radical (unpaired) electrons. The lowest BCUT2D eigenvalue weighted by molar-refractivity contribution is -0.127. The number of ether oxygens (including phenoxy) is 1. The van der Waals surface area contributed by atoms with E-state index in [1.807, 2.05) is 25.4 Å². The topological polar surface area (TPSA) is 57.7 Å². The molecule has 1 aromatic rings. The SMILES string of the molecule is CN1CCCC[C@H]1C(=O)NCc1cccnc1N1CCOCC1. The summed E-state index contributed by atoms with van der Waals surface area (Å²) >= 11 is 0. The zero-order valence-electron chi connectivity index (χ0n) is 13.8. The summed E-state index contributed by atoms with van der Waals surface area (Å²) in [6, 6.07) is 3.98. The number of amides is 1. The van der Waals surface area contributed by atoms with Gasteiger partial charge in [0.05, 0.1) is 19.3 Å². The van der Waals surface area contributed by atoms with Crippen LogP contribution in [0.3, 0.4) is 0 Å². The summed E-state index contributed by atoms with van der Waals surface area (Å²) in [5.74, 6) is 1.09. The number of hydrogen-bond donors (Lipinski definition) is 1. The van der Waals surface area contributed by atoms with Crippen molar-refractivity contribution >= 4 is 11.7 Å². The molecule has 3 rings (SSSR count). The smallest absolute Gasteiger partial charge is 0.237 e. The van der Waals surface area contributed by atoms with E-state index in [-0.39, 0.29) is 11.9 Å². The van der Waals surface area contributed by atoms with E-state index in [0.29, 0.717) is 6.54 Å². The summed E-state index contributed by atoms with van der Waals surface area (Å²) in [6.07, 6.45) is 5.08. The van der Waals surface area contributed by atoms with Gasteiger partial charge in [-0.15, -0.1) is 0 Å². The molecular weight excluding hydrogens is 292 g/mol. The van der Waals surface area contributed by atoms with Crippen LogP contribution in [-0.4, -0.2) is 61.7 Å². The lowest BCUT2D eigenvalue weighted by atomic mass is 10.0. The van der Waals surface area contributed by atoms with Gasteiger partial charge in [0.2, 0.25) is 5.91 Å². The molecular formula is C17H26N4O2. The van der Waals surface area contributed by atoms with Gasteiger partial charge < -0.3 is 15.0 Å². The van der Waals surface area contributed by atoms with Gasteiger partial charge in [-0.25, -0.2) is 4.98 Å². The Kier molecular flexibility index (Phi) is 5.46. The van der Waals surface area contributed by atoms with Crippen LogP contribution in [0, 0.1) is 0 Å². The molecule has 2 fully saturated rings. The van der Waals surface area contributed by atoms with Crippen molar-refractivity contribution in [3.63, 3.8) is 0 Å². The van der Waals surface area contributed by atoms with Crippen LogP contribution < -0.4 is 10.2 Å². The van der Waals surface area contributed by atoms with Crippen molar-refractivity contribution in [2.75, 3.05) is 44.8 Å². The molecule has 1 aromatic heterocycles. The third-order valence-electron chi connectivity index (χ3n) is 4.70. The highest BCUT2D eigenvalue weighted by molar-refractivity contribution is 5.81. The monoisotopic (exact) mass is 318 g/mol. The largest absolute Gasteiger partial charge is 0.378 e. The van der Waals surface area contributed by atoms with Gasteiger partial charge in [0, 0.05) is 31.4 Å². The highest BCUT2D eigenvalue weighted by Crippen LogP contribution is 2.19. The molecule has 2 aliphatic rings. The number of pyridine rings is 1. The van der Waals surface area contributed by atoms with Gasteiger partial charge in [0.25, 0.3) is 0 Å². The number of nitrogens with one attached hydrogen (secondary N) is 1. The fraction of sp³-hybridized carbons (Fsp3) is 0.647. The number of rotatable bonds is 4. The Morgan fingerprint density at radius 3 is 2.96 bits per heavy atom. The fourth-order valence-electron chi connectivity index (χ4n) is 3.33. The molecule has 0 saturated carbocycles. The Morgan fingerprint density at radius 1 is 1.35 bits per heavy atom. The maximum Gasteiger partial charge on any atom is 0.237 e. The number of nitrogens with zero attached hydrogens (tertiary/aromatic N) is 3. The van der Waals surface area contributed by atoms with Gasteiger partial charge in [-0.05, 0) is 32.5 Å². The summed E-state index contributed by atoms with van der Waals surface area (Å²) in [6.45, 7) is 4.70. The molecule has 126 valence electrons. The second-order valence-corrected chi connectivity index (χ2v) is 6.30. The average molecular weight is 318 g/mol. The van der Waals surface area contributed by atoms with E-state index in [1.54, 1.807) is 0 Å². The Balaban J connectivity index is 1.62. The maximum absolute atomic E-state index is 12.5. The molecule has 2 saturated heterocycles. The molecule has 1 N–H and O–H groups in total. The van der Waals surface area contributed by atoms with Gasteiger partial charge in [-0.1, -0.05) is 12.5 Å². The Morgan fingerprint density at radius 2 is 2.17 bits per heavy atom. The fourth-order valence-corrected chi connectivity index (χ4v) is 3.33. The Hall–Kier alpha value is -1.66. The summed E-state index contributed by atoms with van der Waals surface area (Å²) < 4.78 is 5.41. The number of morpholine rings is 1. The van der Waals surface area contributed by atoms with Crippen LogP contribution in [-0.2, 0) is 16.1 Å². The molecule has 6 heteroatoms. The number of anilines is 1. The van der Waals surface area contributed by atoms with Crippen LogP contribution in [0.25, 0.3) is 0 Å². The van der Waals surface area contributed by atoms with E-state index in [4.69, 9.17) is 4.74 Å². The lowest BCUT2D eigenvalue weighted by Crippen LogP contribution is -2.47. The molecule has 0 spiro atoms. The zero-order chi connectivity index (χ0) is 16.1. The van der Waals surface area contributed by atoms with E-state index in [1.165, 1.54) is 6.42 Å². The quantitative estimate of drug-likeness (QED) is 0.898. The van der Waals surface area contributed by atoms with Crippen molar-refractivity contribution in [1.29, 1.82) is 0 Å². The average Bonchev–Trinajstić information content (AvgIpc) is 2.61. The highest BCUT2D eigenvalue weighted by atomic mass is 16.5. The normalized spacial score (nSPS) is 22.8. The van der Waals surface area contributed by atoms with Crippen LogP contribution in [0.15, 0.2) is 18.3 Å². The summed E-state index contributed by atoms with van der Waals surface area (Å²) in [5, 5.41) is 3.10. The molecule has 6 nitrogen and oxygen atoms in total. The van der Waals surface area contributed by atoms with Crippen molar-refractivity contribution in [3.8, 4) is 0 Å². The highest BCUT2D eigenvalue weighted by Gasteiger charge is 2.26. The van der Waals surface area contributed by atoms with Crippen LogP contribution in [0.1, 0.15) is 24.8 Å². The van der Waals surface area contributed by atoms with E-state index in [9.17, 15) is 4.79 Å². The Labute approximate surface area is 137 Å². The maximum atomic E-state index is 12.5. The second-order valence-electron chi connectivity index (χ2n) is 6.30. The first kappa shape index (κ1) is 16.2. The number of aromatic nitrogens is 1. The number of piperidine rings is 1. The lowest BCUT2D eigenvalue weighted by Gasteiger charge is -2.32. The van der Waals surface area contributed by atoms with E-state index in [0.717, 1.165) is 57.1 Å². The van der Waals surface area contributed by atoms with Crippen LogP contribution in [0.2, 0.25) is 0 Å². The summed E-state index contributed by atoms with van der Waals surface area (Å²) in [5.41, 5.74) is 1.07. The summed E-state index contributed by atoms with van der Waals surface area (Å²) in [4.78, 5) is 21.4. The van der Waals surface area contributed by atoms with Crippen molar-refractivity contribution in [3.05, 3.63) is 23.9 Å². The molecule has 0 bridgehead atoms. The standard InChI is InChI=1S/C17H26N4O2/c1-20-8-3-2-6-15(20)17(22)19-13-14-5-4-7-18-16(14)21-9-11-23-12-10-21/h4-5,7,15H,2-3,6,8-13H2,1H3,(H,19,22)/t15-/m0/s1. The third kappa shape index (κ3) is 4.00. The van der Waals surface area contributed by atoms with E-state index >= 15 is 0 Å².